The van der Waals surface area contributed by atoms with Gasteiger partial charge in [0.1, 0.15) is 6.07 Å². The van der Waals surface area contributed by atoms with Gasteiger partial charge in [-0.3, -0.25) is 9.59 Å². The molecule has 0 aliphatic carbocycles. The monoisotopic (exact) mass is 367 g/mol. The lowest BCUT2D eigenvalue weighted by molar-refractivity contribution is -0.129. The lowest BCUT2D eigenvalue weighted by Crippen LogP contribution is -2.30. The first-order chi connectivity index (χ1) is 12.5. The molecule has 2 aromatic carbocycles. The molecule has 5 nitrogen and oxygen atoms in total. The normalized spacial score (nSPS) is 17.7. The molecule has 1 heterocycles. The van der Waals surface area contributed by atoms with Gasteiger partial charge >= 0.3 is 0 Å². The number of benzene rings is 2. The van der Waals surface area contributed by atoms with E-state index in [0.717, 1.165) is 5.56 Å². The summed E-state index contributed by atoms with van der Waals surface area (Å²) in [5.74, 6) is -0.663. The van der Waals surface area contributed by atoms with Gasteiger partial charge < -0.3 is 10.2 Å². The summed E-state index contributed by atoms with van der Waals surface area (Å²) in [4.78, 5) is 26.7. The van der Waals surface area contributed by atoms with Crippen LogP contribution < -0.4 is 5.32 Å². The van der Waals surface area contributed by atoms with E-state index in [1.807, 2.05) is 43.3 Å². The number of rotatable bonds is 4. The summed E-state index contributed by atoms with van der Waals surface area (Å²) >= 11 is 5.99. The fraction of sp³-hybridized carbons (Fsp3) is 0.250. The molecule has 0 spiro atoms. The van der Waals surface area contributed by atoms with Gasteiger partial charge in [-0.05, 0) is 30.7 Å². The molecule has 0 saturated carbocycles. The highest BCUT2D eigenvalue weighted by atomic mass is 35.5. The van der Waals surface area contributed by atoms with Crippen molar-refractivity contribution >= 4 is 29.1 Å². The van der Waals surface area contributed by atoms with Crippen LogP contribution in [0.25, 0.3) is 0 Å². The summed E-state index contributed by atoms with van der Waals surface area (Å²) in [5.41, 5.74) is 1.91. The molecule has 6 heteroatoms. The maximum atomic E-state index is 12.5. The van der Waals surface area contributed by atoms with E-state index in [-0.39, 0.29) is 29.3 Å². The Hall–Kier alpha value is -2.84. The Morgan fingerprint density at radius 1 is 1.31 bits per heavy atom. The number of halogens is 1. The summed E-state index contributed by atoms with van der Waals surface area (Å²) in [6.07, 6.45) is 0.188. The van der Waals surface area contributed by atoms with Gasteiger partial charge in [0.05, 0.1) is 22.5 Å². The van der Waals surface area contributed by atoms with Gasteiger partial charge in [0.15, 0.2) is 0 Å². The highest BCUT2D eigenvalue weighted by Gasteiger charge is 2.37. The van der Waals surface area contributed by atoms with Crippen molar-refractivity contribution in [3.63, 3.8) is 0 Å². The van der Waals surface area contributed by atoms with Crippen LogP contribution in [0, 0.1) is 17.2 Å². The molecule has 0 bridgehead atoms. The Morgan fingerprint density at radius 3 is 2.69 bits per heavy atom. The Bertz CT molecular complexity index is 876. The molecule has 132 valence electrons. The van der Waals surface area contributed by atoms with E-state index in [0.29, 0.717) is 17.8 Å². The van der Waals surface area contributed by atoms with E-state index in [1.54, 1.807) is 23.1 Å². The van der Waals surface area contributed by atoms with Crippen LogP contribution in [0.2, 0.25) is 5.02 Å². The van der Waals surface area contributed by atoms with Gasteiger partial charge in [0.2, 0.25) is 11.8 Å². The van der Waals surface area contributed by atoms with Crippen LogP contribution in [0.4, 0.5) is 5.69 Å². The maximum Gasteiger partial charge on any atom is 0.229 e. The van der Waals surface area contributed by atoms with E-state index in [4.69, 9.17) is 16.9 Å². The number of anilines is 1. The summed E-state index contributed by atoms with van der Waals surface area (Å²) < 4.78 is 0. The smallest absolute Gasteiger partial charge is 0.229 e. The number of amides is 2. The number of nitrogens with one attached hydrogen (secondary N) is 1. The minimum absolute atomic E-state index is 0.0284. The molecule has 0 radical (unpaired) electrons. The summed E-state index contributed by atoms with van der Waals surface area (Å²) in [6.45, 7) is 2.35. The van der Waals surface area contributed by atoms with Crippen molar-refractivity contribution < 1.29 is 9.59 Å². The topological polar surface area (TPSA) is 73.2 Å². The standard InChI is InChI=1S/C20H18ClN3O2/c1-13(14-5-3-2-4-6-14)24-12-16(9-19(24)25)20(26)23-17-8-7-15(11-22)18(21)10-17/h2-8,10,13,16H,9,12H2,1H3,(H,23,26). The third-order valence-corrected chi connectivity index (χ3v) is 4.95. The quantitative estimate of drug-likeness (QED) is 0.894. The van der Waals surface area contributed by atoms with Crippen molar-refractivity contribution in [3.8, 4) is 6.07 Å². The zero-order chi connectivity index (χ0) is 18.7. The predicted molar refractivity (Wildman–Crippen MR) is 99.5 cm³/mol. The Balaban J connectivity index is 1.67. The Morgan fingerprint density at radius 2 is 2.04 bits per heavy atom. The molecule has 1 aliphatic heterocycles. The van der Waals surface area contributed by atoms with E-state index >= 15 is 0 Å². The van der Waals surface area contributed by atoms with Gasteiger partial charge in [0, 0.05) is 18.7 Å². The third-order valence-electron chi connectivity index (χ3n) is 4.64. The van der Waals surface area contributed by atoms with Crippen molar-refractivity contribution in [3.05, 3.63) is 64.7 Å². The average molecular weight is 368 g/mol. The fourth-order valence-electron chi connectivity index (χ4n) is 3.12. The molecule has 1 fully saturated rings. The van der Waals surface area contributed by atoms with Gasteiger partial charge in [-0.15, -0.1) is 0 Å². The SMILES string of the molecule is CC(c1ccccc1)N1CC(C(=O)Nc2ccc(C#N)c(Cl)c2)CC1=O. The number of hydrogen-bond acceptors (Lipinski definition) is 3. The lowest BCUT2D eigenvalue weighted by atomic mass is 10.1. The lowest BCUT2D eigenvalue weighted by Gasteiger charge is -2.25. The highest BCUT2D eigenvalue weighted by Crippen LogP contribution is 2.29. The fourth-order valence-corrected chi connectivity index (χ4v) is 3.34. The average Bonchev–Trinajstić information content (AvgIpc) is 3.04. The van der Waals surface area contributed by atoms with E-state index in [1.165, 1.54) is 0 Å². The number of likely N-dealkylation sites (tertiary alicyclic amines) is 1. The number of hydrogen-bond donors (Lipinski definition) is 1. The molecule has 1 aliphatic rings. The van der Waals surface area contributed by atoms with Crippen LogP contribution in [0.15, 0.2) is 48.5 Å². The van der Waals surface area contributed by atoms with E-state index in [2.05, 4.69) is 5.32 Å². The Kier molecular flexibility index (Phi) is 5.24. The van der Waals surface area contributed by atoms with Gasteiger partial charge in [-0.2, -0.15) is 5.26 Å². The molecular weight excluding hydrogens is 350 g/mol. The molecule has 2 amide bonds. The number of nitrogens with zero attached hydrogens (tertiary/aromatic N) is 2. The predicted octanol–water partition coefficient (Wildman–Crippen LogP) is 3.76. The van der Waals surface area contributed by atoms with Gasteiger partial charge in [-0.25, -0.2) is 0 Å². The van der Waals surface area contributed by atoms with Gasteiger partial charge in [-0.1, -0.05) is 41.9 Å². The zero-order valence-electron chi connectivity index (χ0n) is 14.3. The second-order valence-electron chi connectivity index (χ2n) is 6.33. The molecule has 3 rings (SSSR count). The highest BCUT2D eigenvalue weighted by molar-refractivity contribution is 6.32. The van der Waals surface area contributed by atoms with Crippen LogP contribution in [-0.4, -0.2) is 23.3 Å². The van der Waals surface area contributed by atoms with Crippen LogP contribution in [0.3, 0.4) is 0 Å². The first-order valence-electron chi connectivity index (χ1n) is 8.34. The number of nitriles is 1. The molecule has 1 N–H and O–H groups in total. The van der Waals surface area contributed by atoms with Crippen molar-refractivity contribution in [2.45, 2.75) is 19.4 Å². The number of carbonyl (C=O) groups excluding carboxylic acids is 2. The largest absolute Gasteiger partial charge is 0.335 e. The summed E-state index contributed by atoms with van der Waals surface area (Å²) in [6, 6.07) is 16.4. The summed E-state index contributed by atoms with van der Waals surface area (Å²) in [7, 11) is 0. The maximum absolute atomic E-state index is 12.5. The van der Waals surface area contributed by atoms with Crippen molar-refractivity contribution in [2.75, 3.05) is 11.9 Å². The minimum atomic E-state index is -0.414. The first kappa shape index (κ1) is 18.0. The van der Waals surface area contributed by atoms with Crippen molar-refractivity contribution in [1.82, 2.24) is 4.90 Å². The second-order valence-corrected chi connectivity index (χ2v) is 6.74. The zero-order valence-corrected chi connectivity index (χ0v) is 15.0. The van der Waals surface area contributed by atoms with Crippen LogP contribution in [0.1, 0.15) is 30.5 Å². The van der Waals surface area contributed by atoms with Crippen molar-refractivity contribution in [2.24, 2.45) is 5.92 Å². The van der Waals surface area contributed by atoms with Crippen LogP contribution >= 0.6 is 11.6 Å². The third kappa shape index (κ3) is 3.71. The molecule has 2 atom stereocenters. The second kappa shape index (κ2) is 7.59. The van der Waals surface area contributed by atoms with Crippen LogP contribution in [0.5, 0.6) is 0 Å². The van der Waals surface area contributed by atoms with Crippen LogP contribution in [-0.2, 0) is 9.59 Å². The molecule has 0 aromatic heterocycles. The molecule has 2 aromatic rings. The number of carbonyl (C=O) groups is 2. The Labute approximate surface area is 157 Å². The van der Waals surface area contributed by atoms with Gasteiger partial charge in [0.25, 0.3) is 0 Å². The van der Waals surface area contributed by atoms with E-state index < -0.39 is 5.92 Å². The summed E-state index contributed by atoms with van der Waals surface area (Å²) in [5, 5.41) is 12.0. The first-order valence-corrected chi connectivity index (χ1v) is 8.72. The van der Waals surface area contributed by atoms with Crippen molar-refractivity contribution in [1.29, 1.82) is 5.26 Å². The molecule has 1 saturated heterocycles. The molecule has 26 heavy (non-hydrogen) atoms. The molecular formula is C20H18ClN3O2. The van der Waals surface area contributed by atoms with E-state index in [9.17, 15) is 9.59 Å². The minimum Gasteiger partial charge on any atom is -0.335 e. The molecule has 2 unspecified atom stereocenters.